The molecule has 2 heteroatoms. The topological polar surface area (TPSA) is 26.3 Å². The summed E-state index contributed by atoms with van der Waals surface area (Å²) >= 11 is 0. The van der Waals surface area contributed by atoms with Crippen molar-refractivity contribution in [1.29, 1.82) is 0 Å². The Morgan fingerprint density at radius 2 is 2.18 bits per heavy atom. The molecule has 11 heavy (non-hydrogen) atoms. The van der Waals surface area contributed by atoms with Crippen molar-refractivity contribution in [3.8, 4) is 0 Å². The van der Waals surface area contributed by atoms with E-state index < -0.39 is 0 Å². The summed E-state index contributed by atoms with van der Waals surface area (Å²) in [7, 11) is 1.45. The summed E-state index contributed by atoms with van der Waals surface area (Å²) in [6, 6.07) is 0. The number of carbonyl (C=O) groups excluding carboxylic acids is 1. The summed E-state index contributed by atoms with van der Waals surface area (Å²) in [4.78, 5) is 10.8. The number of carbonyl (C=O) groups is 1. The van der Waals surface area contributed by atoms with E-state index >= 15 is 0 Å². The van der Waals surface area contributed by atoms with E-state index in [-0.39, 0.29) is 5.97 Å². The van der Waals surface area contributed by atoms with Gasteiger partial charge in [0, 0.05) is 6.42 Å². The highest BCUT2D eigenvalue weighted by Gasteiger charge is 2.31. The van der Waals surface area contributed by atoms with Gasteiger partial charge < -0.3 is 4.74 Å². The molecule has 0 aromatic rings. The van der Waals surface area contributed by atoms with Gasteiger partial charge in [-0.2, -0.15) is 0 Å². The lowest BCUT2D eigenvalue weighted by atomic mass is 9.68. The molecule has 0 radical (unpaired) electrons. The standard InChI is InChI=1S/C9H16O2/c1-9(5-3-6-9)7-4-8(10)11-2/h3-7H2,1-2H3. The van der Waals surface area contributed by atoms with Crippen LogP contribution in [0.4, 0.5) is 0 Å². The number of hydrogen-bond acceptors (Lipinski definition) is 2. The van der Waals surface area contributed by atoms with Crippen LogP contribution in [0.5, 0.6) is 0 Å². The molecule has 2 nitrogen and oxygen atoms in total. The van der Waals surface area contributed by atoms with Crippen molar-refractivity contribution in [3.05, 3.63) is 0 Å². The molecule has 0 N–H and O–H groups in total. The minimum atomic E-state index is -0.0712. The van der Waals surface area contributed by atoms with Crippen molar-refractivity contribution in [3.63, 3.8) is 0 Å². The van der Waals surface area contributed by atoms with E-state index in [4.69, 9.17) is 0 Å². The summed E-state index contributed by atoms with van der Waals surface area (Å²) in [6.07, 6.45) is 5.48. The first kappa shape index (κ1) is 8.57. The van der Waals surface area contributed by atoms with Gasteiger partial charge in [0.25, 0.3) is 0 Å². The molecule has 64 valence electrons. The molecule has 0 bridgehead atoms. The molecule has 0 amide bonds. The molecule has 1 aliphatic rings. The van der Waals surface area contributed by atoms with E-state index in [2.05, 4.69) is 11.7 Å². The molecule has 1 saturated carbocycles. The second kappa shape index (κ2) is 3.24. The first-order chi connectivity index (χ1) is 5.16. The van der Waals surface area contributed by atoms with Crippen molar-refractivity contribution in [2.45, 2.75) is 39.0 Å². The highest BCUT2D eigenvalue weighted by atomic mass is 16.5. The van der Waals surface area contributed by atoms with Crippen molar-refractivity contribution in [2.75, 3.05) is 7.11 Å². The predicted molar refractivity (Wildman–Crippen MR) is 43.2 cm³/mol. The van der Waals surface area contributed by atoms with Gasteiger partial charge in [0.1, 0.15) is 0 Å². The number of esters is 1. The third-order valence-electron chi connectivity index (χ3n) is 2.72. The lowest BCUT2D eigenvalue weighted by molar-refractivity contribution is -0.141. The van der Waals surface area contributed by atoms with E-state index in [0.717, 1.165) is 6.42 Å². The predicted octanol–water partition coefficient (Wildman–Crippen LogP) is 2.13. The van der Waals surface area contributed by atoms with Gasteiger partial charge >= 0.3 is 5.97 Å². The zero-order chi connectivity index (χ0) is 8.32. The quantitative estimate of drug-likeness (QED) is 0.585. The average molecular weight is 156 g/mol. The van der Waals surface area contributed by atoms with E-state index in [9.17, 15) is 4.79 Å². The van der Waals surface area contributed by atoms with Gasteiger partial charge in [-0.3, -0.25) is 4.79 Å². The Labute approximate surface area is 67.9 Å². The van der Waals surface area contributed by atoms with Gasteiger partial charge in [-0.1, -0.05) is 13.3 Å². The molecule has 0 unspecified atom stereocenters. The summed E-state index contributed by atoms with van der Waals surface area (Å²) in [5.74, 6) is -0.0712. The van der Waals surface area contributed by atoms with Crippen molar-refractivity contribution in [1.82, 2.24) is 0 Å². The van der Waals surface area contributed by atoms with Gasteiger partial charge in [0.05, 0.1) is 7.11 Å². The normalized spacial score (nSPS) is 20.5. The summed E-state index contributed by atoms with van der Waals surface area (Å²) in [6.45, 7) is 2.25. The van der Waals surface area contributed by atoms with E-state index in [1.54, 1.807) is 0 Å². The Kier molecular flexibility index (Phi) is 2.53. The molecule has 1 aliphatic carbocycles. The number of rotatable bonds is 3. The zero-order valence-electron chi connectivity index (χ0n) is 7.35. The third-order valence-corrected chi connectivity index (χ3v) is 2.72. The van der Waals surface area contributed by atoms with Crippen LogP contribution in [0.2, 0.25) is 0 Å². The number of methoxy groups -OCH3 is 1. The fraction of sp³-hybridized carbons (Fsp3) is 0.889. The van der Waals surface area contributed by atoms with E-state index in [1.807, 2.05) is 0 Å². The van der Waals surface area contributed by atoms with E-state index in [0.29, 0.717) is 11.8 Å². The van der Waals surface area contributed by atoms with Crippen molar-refractivity contribution >= 4 is 5.97 Å². The zero-order valence-corrected chi connectivity index (χ0v) is 7.35. The molecule has 0 aromatic heterocycles. The van der Waals surface area contributed by atoms with Crippen LogP contribution in [0.15, 0.2) is 0 Å². The second-order valence-corrected chi connectivity index (χ2v) is 3.74. The molecule has 0 saturated heterocycles. The highest BCUT2D eigenvalue weighted by Crippen LogP contribution is 2.43. The molecule has 0 aromatic carbocycles. The summed E-state index contributed by atoms with van der Waals surface area (Å²) in [5, 5.41) is 0. The second-order valence-electron chi connectivity index (χ2n) is 3.74. The Morgan fingerprint density at radius 3 is 2.55 bits per heavy atom. The molecule has 1 fully saturated rings. The van der Waals surface area contributed by atoms with Gasteiger partial charge in [-0.15, -0.1) is 0 Å². The number of hydrogen-bond donors (Lipinski definition) is 0. The van der Waals surface area contributed by atoms with E-state index in [1.165, 1.54) is 26.4 Å². The molecular weight excluding hydrogens is 140 g/mol. The summed E-state index contributed by atoms with van der Waals surface area (Å²) in [5.41, 5.74) is 0.453. The van der Waals surface area contributed by atoms with Crippen LogP contribution in [0.25, 0.3) is 0 Å². The molecule has 0 heterocycles. The van der Waals surface area contributed by atoms with Crippen molar-refractivity contribution < 1.29 is 9.53 Å². The first-order valence-corrected chi connectivity index (χ1v) is 4.23. The molecular formula is C9H16O2. The van der Waals surface area contributed by atoms with Crippen molar-refractivity contribution in [2.24, 2.45) is 5.41 Å². The smallest absolute Gasteiger partial charge is 0.305 e. The Hall–Kier alpha value is -0.530. The van der Waals surface area contributed by atoms with Crippen LogP contribution in [0.1, 0.15) is 39.0 Å². The van der Waals surface area contributed by atoms with Crippen LogP contribution in [-0.4, -0.2) is 13.1 Å². The SMILES string of the molecule is COC(=O)CCC1(C)CCC1. The maximum Gasteiger partial charge on any atom is 0.305 e. The van der Waals surface area contributed by atoms with Crippen LogP contribution in [0, 0.1) is 5.41 Å². The maximum absolute atomic E-state index is 10.8. The number of ether oxygens (including phenoxy) is 1. The van der Waals surface area contributed by atoms with Crippen LogP contribution in [0.3, 0.4) is 0 Å². The summed E-state index contributed by atoms with van der Waals surface area (Å²) < 4.78 is 4.58. The lowest BCUT2D eigenvalue weighted by Crippen LogP contribution is -2.26. The van der Waals surface area contributed by atoms with Crippen LogP contribution in [-0.2, 0) is 9.53 Å². The Bertz CT molecular complexity index is 148. The largest absolute Gasteiger partial charge is 0.469 e. The first-order valence-electron chi connectivity index (χ1n) is 4.23. The lowest BCUT2D eigenvalue weighted by Gasteiger charge is -2.38. The highest BCUT2D eigenvalue weighted by molar-refractivity contribution is 5.69. The Morgan fingerprint density at radius 1 is 1.55 bits per heavy atom. The minimum absolute atomic E-state index is 0.0712. The fourth-order valence-corrected chi connectivity index (χ4v) is 1.54. The maximum atomic E-state index is 10.8. The van der Waals surface area contributed by atoms with Gasteiger partial charge in [-0.05, 0) is 24.7 Å². The van der Waals surface area contributed by atoms with Gasteiger partial charge in [0.2, 0.25) is 0 Å². The van der Waals surface area contributed by atoms with Gasteiger partial charge in [0.15, 0.2) is 0 Å². The Balaban J connectivity index is 2.16. The molecule has 0 aliphatic heterocycles. The molecule has 1 rings (SSSR count). The average Bonchev–Trinajstić information content (AvgIpc) is 1.96. The van der Waals surface area contributed by atoms with Gasteiger partial charge in [-0.25, -0.2) is 0 Å². The fourth-order valence-electron chi connectivity index (χ4n) is 1.54. The van der Waals surface area contributed by atoms with Crippen LogP contribution < -0.4 is 0 Å². The molecule has 0 atom stereocenters. The minimum Gasteiger partial charge on any atom is -0.469 e. The third kappa shape index (κ3) is 2.21. The van der Waals surface area contributed by atoms with Crippen LogP contribution >= 0.6 is 0 Å². The molecule has 0 spiro atoms. The monoisotopic (exact) mass is 156 g/mol.